The Kier molecular flexibility index (Phi) is 7.39. The van der Waals surface area contributed by atoms with Crippen molar-refractivity contribution in [3.63, 3.8) is 0 Å². The summed E-state index contributed by atoms with van der Waals surface area (Å²) < 4.78 is 16.3. The van der Waals surface area contributed by atoms with Crippen molar-refractivity contribution in [2.45, 2.75) is 51.6 Å². The minimum Gasteiger partial charge on any atom is -0.492 e. The lowest BCUT2D eigenvalue weighted by Gasteiger charge is -2.15. The quantitative estimate of drug-likeness (QED) is 0.431. The van der Waals surface area contributed by atoms with Crippen LogP contribution in [0.3, 0.4) is 0 Å². The van der Waals surface area contributed by atoms with Crippen LogP contribution in [0, 0.1) is 11.8 Å². The highest BCUT2D eigenvalue weighted by atomic mass is 35.5. The number of esters is 1. The molecule has 2 unspecified atom stereocenters. The van der Waals surface area contributed by atoms with Gasteiger partial charge in [-0.2, -0.15) is 0 Å². The van der Waals surface area contributed by atoms with Crippen molar-refractivity contribution in [2.24, 2.45) is 11.8 Å². The predicted octanol–water partition coefficient (Wildman–Crippen LogP) is 3.75. The van der Waals surface area contributed by atoms with Crippen LogP contribution in [0.1, 0.15) is 43.7 Å². The maximum Gasteiger partial charge on any atom is 0.309 e. The van der Waals surface area contributed by atoms with E-state index in [2.05, 4.69) is 11.4 Å². The van der Waals surface area contributed by atoms with Crippen LogP contribution in [0.5, 0.6) is 5.75 Å². The molecule has 0 bridgehead atoms. The minimum atomic E-state index is -0.111. The molecule has 2 fully saturated rings. The summed E-state index contributed by atoms with van der Waals surface area (Å²) in [7, 11) is 1.72. The van der Waals surface area contributed by atoms with Crippen LogP contribution >= 0.6 is 11.6 Å². The number of halogens is 1. The summed E-state index contributed by atoms with van der Waals surface area (Å²) in [6, 6.07) is 4.82. The zero-order chi connectivity index (χ0) is 19.2. The number of hydrogen-bond acceptors (Lipinski definition) is 5. The molecule has 0 radical (unpaired) electrons. The Morgan fingerprint density at radius 2 is 2.15 bits per heavy atom. The normalized spacial score (nSPS) is 21.1. The molecule has 1 aromatic rings. The van der Waals surface area contributed by atoms with E-state index in [4.69, 9.17) is 25.8 Å². The van der Waals surface area contributed by atoms with Crippen molar-refractivity contribution in [3.05, 3.63) is 28.3 Å². The van der Waals surface area contributed by atoms with Gasteiger partial charge in [-0.25, -0.2) is 0 Å². The van der Waals surface area contributed by atoms with Crippen molar-refractivity contribution >= 4 is 17.6 Å². The zero-order valence-corrected chi connectivity index (χ0v) is 17.0. The van der Waals surface area contributed by atoms with Crippen LogP contribution in [0.25, 0.3) is 0 Å². The Labute approximate surface area is 166 Å². The largest absolute Gasteiger partial charge is 0.492 e. The van der Waals surface area contributed by atoms with Gasteiger partial charge in [0.1, 0.15) is 5.75 Å². The highest BCUT2D eigenvalue weighted by molar-refractivity contribution is 6.32. The molecule has 2 aliphatic rings. The lowest BCUT2D eigenvalue weighted by Crippen LogP contribution is -2.16. The summed E-state index contributed by atoms with van der Waals surface area (Å²) in [6.07, 6.45) is 5.20. The molecule has 0 saturated heterocycles. The van der Waals surface area contributed by atoms with E-state index in [1.54, 1.807) is 7.11 Å². The van der Waals surface area contributed by atoms with Gasteiger partial charge >= 0.3 is 5.97 Å². The fourth-order valence-corrected chi connectivity index (χ4v) is 3.46. The van der Waals surface area contributed by atoms with Crippen molar-refractivity contribution in [3.8, 4) is 5.75 Å². The fraction of sp³-hybridized carbons (Fsp3) is 0.667. The van der Waals surface area contributed by atoms with Crippen LogP contribution in [-0.2, 0) is 27.2 Å². The second-order valence-electron chi connectivity index (χ2n) is 7.48. The van der Waals surface area contributed by atoms with E-state index < -0.39 is 0 Å². The van der Waals surface area contributed by atoms with E-state index in [-0.39, 0.29) is 17.8 Å². The second kappa shape index (κ2) is 9.76. The molecule has 0 heterocycles. The van der Waals surface area contributed by atoms with Crippen LogP contribution < -0.4 is 10.1 Å². The number of nitrogens with one attached hydrogen (secondary N) is 1. The molecule has 0 aromatic heterocycles. The second-order valence-corrected chi connectivity index (χ2v) is 7.86. The Morgan fingerprint density at radius 3 is 2.85 bits per heavy atom. The molecular weight excluding hydrogens is 366 g/mol. The molecule has 3 rings (SSSR count). The van der Waals surface area contributed by atoms with Crippen LogP contribution in [0.2, 0.25) is 5.02 Å². The molecule has 150 valence electrons. The molecule has 2 atom stereocenters. The third kappa shape index (κ3) is 6.09. The molecule has 2 aliphatic carbocycles. The van der Waals surface area contributed by atoms with Gasteiger partial charge < -0.3 is 19.5 Å². The van der Waals surface area contributed by atoms with Crippen LogP contribution in [0.15, 0.2) is 12.1 Å². The summed E-state index contributed by atoms with van der Waals surface area (Å²) in [5, 5.41) is 4.20. The van der Waals surface area contributed by atoms with E-state index in [0.29, 0.717) is 30.0 Å². The summed E-state index contributed by atoms with van der Waals surface area (Å²) in [4.78, 5) is 11.8. The molecule has 27 heavy (non-hydrogen) atoms. The first-order valence-corrected chi connectivity index (χ1v) is 10.3. The monoisotopic (exact) mass is 395 g/mol. The lowest BCUT2D eigenvalue weighted by molar-refractivity contribution is -0.145. The van der Waals surface area contributed by atoms with Crippen molar-refractivity contribution in [1.82, 2.24) is 5.32 Å². The predicted molar refractivity (Wildman–Crippen MR) is 105 cm³/mol. The standard InChI is InChI=1S/C21H30ClNO4/c1-3-26-21(24)18-11-16(18)13-27-19-10-14(5-4-8-25-2)9-15(20(19)22)12-23-17-6-7-17/h9-10,16-18,23H,3-8,11-13H2,1-2H3. The van der Waals surface area contributed by atoms with Crippen molar-refractivity contribution in [1.29, 1.82) is 0 Å². The molecule has 1 N–H and O–H groups in total. The topological polar surface area (TPSA) is 56.8 Å². The van der Waals surface area contributed by atoms with E-state index in [1.165, 1.54) is 18.4 Å². The molecule has 0 spiro atoms. The van der Waals surface area contributed by atoms with Gasteiger partial charge in [0.15, 0.2) is 0 Å². The number of aryl methyl sites for hydroxylation is 1. The van der Waals surface area contributed by atoms with Crippen molar-refractivity contribution < 1.29 is 19.0 Å². The van der Waals surface area contributed by atoms with Crippen molar-refractivity contribution in [2.75, 3.05) is 26.9 Å². The maximum atomic E-state index is 11.8. The molecule has 0 amide bonds. The SMILES string of the molecule is CCOC(=O)C1CC1COc1cc(CCCOC)cc(CNC2CC2)c1Cl. The summed E-state index contributed by atoms with van der Waals surface area (Å²) >= 11 is 6.62. The molecule has 0 aliphatic heterocycles. The van der Waals surface area contributed by atoms with Gasteiger partial charge in [0, 0.05) is 32.2 Å². The molecular formula is C21H30ClNO4. The lowest BCUT2D eigenvalue weighted by atomic mass is 10.1. The number of carbonyl (C=O) groups excluding carboxylic acids is 1. The highest BCUT2D eigenvalue weighted by Crippen LogP contribution is 2.41. The Balaban J connectivity index is 1.61. The zero-order valence-electron chi connectivity index (χ0n) is 16.3. The first-order valence-electron chi connectivity index (χ1n) is 9.95. The Hall–Kier alpha value is -1.30. The molecule has 1 aromatic carbocycles. The number of rotatable bonds is 12. The third-order valence-electron chi connectivity index (χ3n) is 5.11. The molecule has 2 saturated carbocycles. The first-order chi connectivity index (χ1) is 13.1. The van der Waals surface area contributed by atoms with E-state index in [1.807, 2.05) is 13.0 Å². The summed E-state index contributed by atoms with van der Waals surface area (Å²) in [5.74, 6) is 0.809. The van der Waals surface area contributed by atoms with Gasteiger partial charge in [0.2, 0.25) is 0 Å². The highest BCUT2D eigenvalue weighted by Gasteiger charge is 2.44. The van der Waals surface area contributed by atoms with Gasteiger partial charge in [0.05, 0.1) is 24.2 Å². The van der Waals surface area contributed by atoms with E-state index in [0.717, 1.165) is 38.0 Å². The molecule has 6 heteroatoms. The third-order valence-corrected chi connectivity index (χ3v) is 5.54. The Bertz CT molecular complexity index is 647. The maximum absolute atomic E-state index is 11.8. The number of hydrogen-bond donors (Lipinski definition) is 1. The first kappa shape index (κ1) is 20.4. The minimum absolute atomic E-state index is 0.0235. The summed E-state index contributed by atoms with van der Waals surface area (Å²) in [5.41, 5.74) is 2.28. The Morgan fingerprint density at radius 1 is 1.33 bits per heavy atom. The summed E-state index contributed by atoms with van der Waals surface area (Å²) in [6.45, 7) is 4.25. The number of benzene rings is 1. The number of carbonyl (C=O) groups is 1. The number of methoxy groups -OCH3 is 1. The van der Waals surface area contributed by atoms with Gasteiger partial charge in [-0.15, -0.1) is 0 Å². The molecule has 5 nitrogen and oxygen atoms in total. The smallest absolute Gasteiger partial charge is 0.309 e. The average molecular weight is 396 g/mol. The van der Waals surface area contributed by atoms with Gasteiger partial charge in [-0.1, -0.05) is 17.7 Å². The van der Waals surface area contributed by atoms with E-state index >= 15 is 0 Å². The number of ether oxygens (including phenoxy) is 3. The van der Waals surface area contributed by atoms with Gasteiger partial charge in [-0.3, -0.25) is 4.79 Å². The van der Waals surface area contributed by atoms with Gasteiger partial charge in [0.25, 0.3) is 0 Å². The van der Waals surface area contributed by atoms with Crippen LogP contribution in [-0.4, -0.2) is 38.9 Å². The van der Waals surface area contributed by atoms with E-state index in [9.17, 15) is 4.79 Å². The fourth-order valence-electron chi connectivity index (χ4n) is 3.23. The van der Waals surface area contributed by atoms with Crippen LogP contribution in [0.4, 0.5) is 0 Å². The van der Waals surface area contributed by atoms with Gasteiger partial charge in [-0.05, 0) is 56.2 Å². The average Bonchev–Trinajstić information content (AvgIpc) is 3.55.